The molecule has 0 radical (unpaired) electrons. The Morgan fingerprint density at radius 1 is 1.33 bits per heavy atom. The number of anilines is 1. The second-order valence-electron chi connectivity index (χ2n) is 4.75. The summed E-state index contributed by atoms with van der Waals surface area (Å²) in [7, 11) is 1.32. The number of nitrogens with zero attached hydrogens (tertiary/aromatic N) is 2. The smallest absolute Gasteiger partial charge is 0.316 e. The zero-order chi connectivity index (χ0) is 17.5. The normalized spacial score (nSPS) is 11.6. The molecule has 24 heavy (non-hydrogen) atoms. The maximum Gasteiger partial charge on any atom is 0.316 e. The number of aryl methyl sites for hydroxylation is 1. The molecule has 0 spiro atoms. The van der Waals surface area contributed by atoms with Crippen molar-refractivity contribution in [1.82, 2.24) is 10.2 Å². The summed E-state index contributed by atoms with van der Waals surface area (Å²) in [6.45, 7) is 3.57. The lowest BCUT2D eigenvalue weighted by molar-refractivity contribution is -0.137. The predicted molar refractivity (Wildman–Crippen MR) is 92.5 cm³/mol. The molecular formula is C15H17N3O4S2. The maximum atomic E-state index is 12.2. The van der Waals surface area contributed by atoms with Gasteiger partial charge in [0.1, 0.15) is 5.75 Å². The molecule has 1 heterocycles. The van der Waals surface area contributed by atoms with Crippen LogP contribution in [0.3, 0.4) is 0 Å². The maximum absolute atomic E-state index is 12.2. The monoisotopic (exact) mass is 367 g/mol. The highest BCUT2D eigenvalue weighted by atomic mass is 32.2. The van der Waals surface area contributed by atoms with Crippen LogP contribution in [0.15, 0.2) is 28.6 Å². The average molecular weight is 367 g/mol. The van der Waals surface area contributed by atoms with E-state index >= 15 is 0 Å². The van der Waals surface area contributed by atoms with E-state index < -0.39 is 6.10 Å². The van der Waals surface area contributed by atoms with Crippen LogP contribution in [0, 0.1) is 6.92 Å². The van der Waals surface area contributed by atoms with Crippen LogP contribution >= 0.6 is 23.1 Å². The van der Waals surface area contributed by atoms with Gasteiger partial charge in [0.15, 0.2) is 10.4 Å². The van der Waals surface area contributed by atoms with Crippen LogP contribution in [0.5, 0.6) is 5.75 Å². The Balaban J connectivity index is 1.88. The number of esters is 1. The fourth-order valence-electron chi connectivity index (χ4n) is 1.64. The molecule has 0 bridgehead atoms. The minimum Gasteiger partial charge on any atom is -0.481 e. The fourth-order valence-corrected chi connectivity index (χ4v) is 3.23. The number of amides is 1. The molecule has 2 rings (SSSR count). The van der Waals surface area contributed by atoms with Crippen LogP contribution in [0.25, 0.3) is 0 Å². The second-order valence-corrected chi connectivity index (χ2v) is 6.95. The quantitative estimate of drug-likeness (QED) is 0.457. The van der Waals surface area contributed by atoms with E-state index in [2.05, 4.69) is 20.3 Å². The minimum atomic E-state index is -0.679. The number of carbonyl (C=O) groups excluding carboxylic acids is 2. The molecule has 1 amide bonds. The summed E-state index contributed by atoms with van der Waals surface area (Å²) in [4.78, 5) is 23.3. The van der Waals surface area contributed by atoms with Crippen molar-refractivity contribution < 1.29 is 19.1 Å². The Labute approximate surface area is 147 Å². The summed E-state index contributed by atoms with van der Waals surface area (Å²) in [5.41, 5.74) is 0.953. The van der Waals surface area contributed by atoms with Gasteiger partial charge in [0, 0.05) is 0 Å². The van der Waals surface area contributed by atoms with Gasteiger partial charge in [-0.05, 0) is 25.5 Å². The van der Waals surface area contributed by atoms with Crippen LogP contribution in [-0.4, -0.2) is 41.0 Å². The number of ether oxygens (including phenoxy) is 2. The van der Waals surface area contributed by atoms with Crippen LogP contribution in [0.4, 0.5) is 5.13 Å². The Hall–Kier alpha value is -2.13. The summed E-state index contributed by atoms with van der Waals surface area (Å²) < 4.78 is 10.8. The minimum absolute atomic E-state index is 0.145. The lowest BCUT2D eigenvalue weighted by Crippen LogP contribution is -2.30. The van der Waals surface area contributed by atoms with E-state index in [1.165, 1.54) is 30.2 Å². The summed E-state index contributed by atoms with van der Waals surface area (Å²) >= 11 is 2.39. The summed E-state index contributed by atoms with van der Waals surface area (Å²) in [5.74, 6) is 0.137. The van der Waals surface area contributed by atoms with Crippen LogP contribution in [-0.2, 0) is 14.3 Å². The highest BCUT2D eigenvalue weighted by molar-refractivity contribution is 8.01. The third-order valence-corrected chi connectivity index (χ3v) is 4.89. The van der Waals surface area contributed by atoms with Crippen molar-refractivity contribution in [3.05, 3.63) is 29.8 Å². The van der Waals surface area contributed by atoms with Crippen molar-refractivity contribution in [2.45, 2.75) is 24.3 Å². The van der Waals surface area contributed by atoms with Crippen molar-refractivity contribution in [3.8, 4) is 5.75 Å². The van der Waals surface area contributed by atoms with E-state index in [0.717, 1.165) is 5.56 Å². The first-order valence-corrected chi connectivity index (χ1v) is 8.86. The number of benzene rings is 1. The van der Waals surface area contributed by atoms with Gasteiger partial charge in [-0.2, -0.15) is 0 Å². The van der Waals surface area contributed by atoms with Crippen molar-refractivity contribution in [2.75, 3.05) is 18.2 Å². The van der Waals surface area contributed by atoms with Gasteiger partial charge in [-0.25, -0.2) is 0 Å². The lowest BCUT2D eigenvalue weighted by Gasteiger charge is -2.15. The molecule has 0 aliphatic heterocycles. The lowest BCUT2D eigenvalue weighted by atomic mass is 10.2. The molecule has 1 N–H and O–H groups in total. The number of rotatable bonds is 7. The molecule has 0 aliphatic rings. The van der Waals surface area contributed by atoms with Crippen LogP contribution < -0.4 is 10.1 Å². The largest absolute Gasteiger partial charge is 0.481 e. The number of hydrogen-bond acceptors (Lipinski definition) is 8. The first-order valence-electron chi connectivity index (χ1n) is 7.06. The SMILES string of the molecule is COC(=O)CSc1nnc(NC(=O)[C@H](C)Oc2ccccc2C)s1. The number of nitrogens with one attached hydrogen (secondary N) is 1. The molecule has 1 atom stereocenters. The molecule has 7 nitrogen and oxygen atoms in total. The number of hydrogen-bond donors (Lipinski definition) is 1. The van der Waals surface area contributed by atoms with Crippen molar-refractivity contribution >= 4 is 40.1 Å². The van der Waals surface area contributed by atoms with Crippen LogP contribution in [0.2, 0.25) is 0 Å². The number of para-hydroxylation sites is 1. The van der Waals surface area contributed by atoms with Crippen molar-refractivity contribution in [2.24, 2.45) is 0 Å². The molecule has 0 aliphatic carbocycles. The summed E-state index contributed by atoms with van der Waals surface area (Å²) in [6.07, 6.45) is -0.679. The van der Waals surface area contributed by atoms with Crippen molar-refractivity contribution in [3.63, 3.8) is 0 Å². The van der Waals surface area contributed by atoms with Gasteiger partial charge in [-0.1, -0.05) is 41.3 Å². The average Bonchev–Trinajstić information content (AvgIpc) is 3.02. The van der Waals surface area contributed by atoms with Gasteiger partial charge in [0.2, 0.25) is 5.13 Å². The van der Waals surface area contributed by atoms with E-state index in [-0.39, 0.29) is 17.6 Å². The molecule has 0 unspecified atom stereocenters. The fraction of sp³-hybridized carbons (Fsp3) is 0.333. The Morgan fingerprint density at radius 2 is 2.08 bits per heavy atom. The number of thioether (sulfide) groups is 1. The van der Waals surface area contributed by atoms with E-state index in [1.807, 2.05) is 31.2 Å². The third kappa shape index (κ3) is 5.20. The molecule has 0 saturated carbocycles. The van der Waals surface area contributed by atoms with Crippen LogP contribution in [0.1, 0.15) is 12.5 Å². The molecule has 128 valence electrons. The van der Waals surface area contributed by atoms with Gasteiger partial charge in [0.05, 0.1) is 12.9 Å². The molecular weight excluding hydrogens is 350 g/mol. The van der Waals surface area contributed by atoms with Gasteiger partial charge in [-0.15, -0.1) is 10.2 Å². The zero-order valence-electron chi connectivity index (χ0n) is 13.4. The first-order chi connectivity index (χ1) is 11.5. The molecule has 2 aromatic rings. The van der Waals surface area contributed by atoms with E-state index in [4.69, 9.17) is 4.74 Å². The second kappa shape index (κ2) is 8.65. The predicted octanol–water partition coefficient (Wildman–Crippen LogP) is 2.52. The van der Waals surface area contributed by atoms with E-state index in [0.29, 0.717) is 15.2 Å². The van der Waals surface area contributed by atoms with Crippen molar-refractivity contribution in [1.29, 1.82) is 0 Å². The van der Waals surface area contributed by atoms with Gasteiger partial charge in [-0.3, -0.25) is 14.9 Å². The highest BCUT2D eigenvalue weighted by Gasteiger charge is 2.18. The van der Waals surface area contributed by atoms with Gasteiger partial charge < -0.3 is 9.47 Å². The van der Waals surface area contributed by atoms with E-state index in [9.17, 15) is 9.59 Å². The molecule has 1 aromatic heterocycles. The molecule has 0 saturated heterocycles. The van der Waals surface area contributed by atoms with Gasteiger partial charge in [0.25, 0.3) is 5.91 Å². The first kappa shape index (κ1) is 18.2. The number of carbonyl (C=O) groups is 2. The molecule has 9 heteroatoms. The Bertz CT molecular complexity index is 720. The standard InChI is InChI=1S/C15H17N3O4S2/c1-9-6-4-5-7-11(9)22-10(2)13(20)16-14-17-18-15(24-14)23-8-12(19)21-3/h4-7,10H,8H2,1-3H3,(H,16,17,20)/t10-/m0/s1. The molecule has 0 fully saturated rings. The summed E-state index contributed by atoms with van der Waals surface area (Å²) in [5, 5.41) is 10.8. The number of aromatic nitrogens is 2. The van der Waals surface area contributed by atoms with Gasteiger partial charge >= 0.3 is 5.97 Å². The number of methoxy groups -OCH3 is 1. The highest BCUT2D eigenvalue weighted by Crippen LogP contribution is 2.26. The zero-order valence-corrected chi connectivity index (χ0v) is 15.1. The van der Waals surface area contributed by atoms with E-state index in [1.54, 1.807) is 6.92 Å². The molecule has 1 aromatic carbocycles. The summed E-state index contributed by atoms with van der Waals surface area (Å²) in [6, 6.07) is 7.48. The Morgan fingerprint density at radius 3 is 2.79 bits per heavy atom. The third-order valence-electron chi connectivity index (χ3n) is 2.94. The Kier molecular flexibility index (Phi) is 6.56. The topological polar surface area (TPSA) is 90.4 Å².